The zero-order chi connectivity index (χ0) is 26.6. The number of benzene rings is 2. The maximum absolute atomic E-state index is 13.7. The molecule has 0 saturated heterocycles. The van der Waals surface area contributed by atoms with E-state index >= 15 is 0 Å². The molecule has 5 rings (SSSR count). The van der Waals surface area contributed by atoms with Gasteiger partial charge in [0.2, 0.25) is 5.91 Å². The van der Waals surface area contributed by atoms with Gasteiger partial charge in [-0.2, -0.15) is 0 Å². The van der Waals surface area contributed by atoms with Crippen LogP contribution in [0, 0.1) is 12.8 Å². The average Bonchev–Trinajstić information content (AvgIpc) is 3.64. The van der Waals surface area contributed by atoms with E-state index in [2.05, 4.69) is 48.2 Å². The van der Waals surface area contributed by atoms with Gasteiger partial charge in [0, 0.05) is 25.6 Å². The third-order valence-electron chi connectivity index (χ3n) is 8.00. The lowest BCUT2D eigenvalue weighted by Crippen LogP contribution is -2.43. The number of nitrogens with zero attached hydrogens (tertiary/aromatic N) is 2. The Bertz CT molecular complexity index is 1290. The fourth-order valence-electron chi connectivity index (χ4n) is 5.92. The van der Waals surface area contributed by atoms with Crippen LogP contribution < -0.4 is 4.74 Å². The molecule has 2 heterocycles. The van der Waals surface area contributed by atoms with Gasteiger partial charge >= 0.3 is 0 Å². The summed E-state index contributed by atoms with van der Waals surface area (Å²) in [5.74, 6) is 1.97. The molecular formula is C32H38N2O4. The molecule has 2 aliphatic rings. The Hall–Kier alpha value is -3.54. The van der Waals surface area contributed by atoms with E-state index in [1.54, 1.807) is 17.0 Å². The molecule has 1 aromatic heterocycles. The van der Waals surface area contributed by atoms with Crippen LogP contribution in [0.2, 0.25) is 0 Å². The Morgan fingerprint density at radius 2 is 1.82 bits per heavy atom. The molecule has 200 valence electrons. The Labute approximate surface area is 225 Å². The van der Waals surface area contributed by atoms with Crippen LogP contribution in [0.1, 0.15) is 84.1 Å². The van der Waals surface area contributed by atoms with Gasteiger partial charge < -0.3 is 19.0 Å². The van der Waals surface area contributed by atoms with Gasteiger partial charge in [-0.25, -0.2) is 0 Å². The summed E-state index contributed by atoms with van der Waals surface area (Å²) in [6.45, 7) is 8.24. The lowest BCUT2D eigenvalue weighted by atomic mass is 9.86. The summed E-state index contributed by atoms with van der Waals surface area (Å²) in [4.78, 5) is 30.1. The van der Waals surface area contributed by atoms with Crippen molar-refractivity contribution in [2.45, 2.75) is 65.5 Å². The number of fused-ring (bicyclic) bond motifs is 1. The first-order valence-corrected chi connectivity index (χ1v) is 14.0. The van der Waals surface area contributed by atoms with Crippen LogP contribution in [0.3, 0.4) is 0 Å². The van der Waals surface area contributed by atoms with Crippen molar-refractivity contribution >= 4 is 11.8 Å². The van der Waals surface area contributed by atoms with Crippen LogP contribution in [-0.4, -0.2) is 41.2 Å². The number of hydrogen-bond acceptors (Lipinski definition) is 4. The molecule has 0 bridgehead atoms. The molecule has 1 unspecified atom stereocenters. The molecule has 38 heavy (non-hydrogen) atoms. The van der Waals surface area contributed by atoms with Crippen molar-refractivity contribution in [2.24, 2.45) is 5.92 Å². The van der Waals surface area contributed by atoms with Crippen molar-refractivity contribution in [3.05, 3.63) is 88.4 Å². The maximum Gasteiger partial charge on any atom is 0.289 e. The fraction of sp³-hybridized carbons (Fsp3) is 0.438. The van der Waals surface area contributed by atoms with Crippen molar-refractivity contribution in [3.63, 3.8) is 0 Å². The minimum atomic E-state index is -0.128. The molecule has 2 aromatic carbocycles. The minimum absolute atomic E-state index is 0.108. The standard InChI is InChI=1S/C32H38N2O4/c1-4-33(5-2)32(36)29-16-15-27(38-29)21-37-26-14-13-23-17-18-34(31(35)24-10-6-7-11-24)30(28(23)20-26)25-12-8-9-22(3)19-25/h8-9,12-16,19-20,24,30H,4-7,10-11,17-18,21H2,1-3H3. The smallest absolute Gasteiger partial charge is 0.289 e. The summed E-state index contributed by atoms with van der Waals surface area (Å²) in [5, 5.41) is 0. The number of aryl methyl sites for hydroxylation is 1. The van der Waals surface area contributed by atoms with E-state index in [1.807, 2.05) is 19.9 Å². The van der Waals surface area contributed by atoms with Gasteiger partial charge in [0.05, 0.1) is 6.04 Å². The topological polar surface area (TPSA) is 63.0 Å². The SMILES string of the molecule is CCN(CC)C(=O)c1ccc(COc2ccc3c(c2)C(c2cccc(C)c2)N(C(=O)C2CCCC2)CC3)o1. The highest BCUT2D eigenvalue weighted by molar-refractivity contribution is 5.91. The fourth-order valence-corrected chi connectivity index (χ4v) is 5.92. The molecule has 1 atom stereocenters. The van der Waals surface area contributed by atoms with Crippen LogP contribution in [0.25, 0.3) is 0 Å². The summed E-state index contributed by atoms with van der Waals surface area (Å²) >= 11 is 0. The van der Waals surface area contributed by atoms with Gasteiger partial charge in [-0.3, -0.25) is 9.59 Å². The normalized spacial score (nSPS) is 17.3. The molecule has 0 radical (unpaired) electrons. The Morgan fingerprint density at radius 1 is 1.03 bits per heavy atom. The van der Waals surface area contributed by atoms with E-state index < -0.39 is 0 Å². The minimum Gasteiger partial charge on any atom is -0.486 e. The largest absolute Gasteiger partial charge is 0.486 e. The van der Waals surface area contributed by atoms with E-state index in [-0.39, 0.29) is 30.4 Å². The second-order valence-corrected chi connectivity index (χ2v) is 10.5. The number of amides is 2. The summed E-state index contributed by atoms with van der Waals surface area (Å²) < 4.78 is 12.0. The average molecular weight is 515 g/mol. The molecule has 6 nitrogen and oxygen atoms in total. The highest BCUT2D eigenvalue weighted by Crippen LogP contribution is 2.40. The van der Waals surface area contributed by atoms with Crippen molar-refractivity contribution in [1.29, 1.82) is 0 Å². The van der Waals surface area contributed by atoms with E-state index in [1.165, 1.54) is 11.1 Å². The first kappa shape index (κ1) is 26.1. The van der Waals surface area contributed by atoms with Gasteiger partial charge in [0.25, 0.3) is 5.91 Å². The van der Waals surface area contributed by atoms with Gasteiger partial charge in [-0.1, -0.05) is 48.7 Å². The molecular weight excluding hydrogens is 476 g/mol. The number of carbonyl (C=O) groups is 2. The molecule has 2 amide bonds. The van der Waals surface area contributed by atoms with E-state index in [0.717, 1.165) is 55.5 Å². The predicted octanol–water partition coefficient (Wildman–Crippen LogP) is 6.31. The van der Waals surface area contributed by atoms with Crippen molar-refractivity contribution in [3.8, 4) is 5.75 Å². The molecule has 0 spiro atoms. The molecule has 1 aliphatic heterocycles. The van der Waals surface area contributed by atoms with Crippen LogP contribution in [-0.2, 0) is 17.8 Å². The number of rotatable bonds is 8. The van der Waals surface area contributed by atoms with Gasteiger partial charge in [-0.15, -0.1) is 0 Å². The zero-order valence-electron chi connectivity index (χ0n) is 22.7. The van der Waals surface area contributed by atoms with E-state index in [4.69, 9.17) is 9.15 Å². The van der Waals surface area contributed by atoms with E-state index in [9.17, 15) is 9.59 Å². The zero-order valence-corrected chi connectivity index (χ0v) is 22.7. The van der Waals surface area contributed by atoms with Crippen LogP contribution >= 0.6 is 0 Å². The number of hydrogen-bond donors (Lipinski definition) is 0. The first-order valence-electron chi connectivity index (χ1n) is 14.0. The third-order valence-corrected chi connectivity index (χ3v) is 8.00. The molecule has 1 aliphatic carbocycles. The van der Waals surface area contributed by atoms with Crippen LogP contribution in [0.5, 0.6) is 5.75 Å². The molecule has 6 heteroatoms. The molecule has 1 fully saturated rings. The third kappa shape index (κ3) is 5.35. The summed E-state index contributed by atoms with van der Waals surface area (Å²) in [5.41, 5.74) is 4.70. The lowest BCUT2D eigenvalue weighted by molar-refractivity contribution is -0.137. The second kappa shape index (κ2) is 11.5. The quantitative estimate of drug-likeness (QED) is 0.353. The van der Waals surface area contributed by atoms with Crippen LogP contribution in [0.15, 0.2) is 59.0 Å². The van der Waals surface area contributed by atoms with Crippen molar-refractivity contribution in [1.82, 2.24) is 9.80 Å². The summed E-state index contributed by atoms with van der Waals surface area (Å²) in [6, 6.07) is 18.1. The van der Waals surface area contributed by atoms with Gasteiger partial charge in [-0.05, 0) is 81.0 Å². The monoisotopic (exact) mass is 514 g/mol. The number of ether oxygens (including phenoxy) is 1. The molecule has 0 N–H and O–H groups in total. The van der Waals surface area contributed by atoms with Gasteiger partial charge in [0.1, 0.15) is 18.1 Å². The first-order chi connectivity index (χ1) is 18.5. The summed E-state index contributed by atoms with van der Waals surface area (Å²) in [6.07, 6.45) is 5.11. The highest BCUT2D eigenvalue weighted by atomic mass is 16.5. The molecule has 3 aromatic rings. The maximum atomic E-state index is 13.7. The second-order valence-electron chi connectivity index (χ2n) is 10.5. The van der Waals surface area contributed by atoms with Crippen molar-refractivity contribution < 1.29 is 18.7 Å². The number of carbonyl (C=O) groups excluding carboxylic acids is 2. The van der Waals surface area contributed by atoms with E-state index in [0.29, 0.717) is 24.6 Å². The molecule has 1 saturated carbocycles. The summed E-state index contributed by atoms with van der Waals surface area (Å²) in [7, 11) is 0. The van der Waals surface area contributed by atoms with Gasteiger partial charge in [0.15, 0.2) is 5.76 Å². The Balaban J connectivity index is 1.39. The number of furan rings is 1. The highest BCUT2D eigenvalue weighted by Gasteiger charge is 2.36. The Kier molecular flexibility index (Phi) is 7.87. The Morgan fingerprint density at radius 3 is 2.55 bits per heavy atom. The predicted molar refractivity (Wildman–Crippen MR) is 147 cm³/mol. The lowest BCUT2D eigenvalue weighted by Gasteiger charge is -2.39. The van der Waals surface area contributed by atoms with Crippen molar-refractivity contribution in [2.75, 3.05) is 19.6 Å². The van der Waals surface area contributed by atoms with Crippen LogP contribution in [0.4, 0.5) is 0 Å².